The highest BCUT2D eigenvalue weighted by molar-refractivity contribution is 7.86. The Hall–Kier alpha value is -1.56. The van der Waals surface area contributed by atoms with Crippen LogP contribution in [0.5, 0.6) is 0 Å². The summed E-state index contributed by atoms with van der Waals surface area (Å²) in [4.78, 5) is 16.4. The molecule has 0 saturated carbocycles. The van der Waals surface area contributed by atoms with Crippen LogP contribution in [0.3, 0.4) is 0 Å². The Bertz CT molecular complexity index is 701. The van der Waals surface area contributed by atoms with Crippen LogP contribution in [0.2, 0.25) is 0 Å². The molecule has 0 aliphatic rings. The summed E-state index contributed by atoms with van der Waals surface area (Å²) in [5.41, 5.74) is 0.528. The predicted octanol–water partition coefficient (Wildman–Crippen LogP) is 1.94. The first-order chi connectivity index (χ1) is 14.1. The minimum absolute atomic E-state index is 0.0663. The fourth-order valence-electron chi connectivity index (χ4n) is 2.14. The third kappa shape index (κ3) is 12.2. The van der Waals surface area contributed by atoms with E-state index in [1.54, 1.807) is 12.1 Å². The number of amides is 1. The SMILES string of the molecule is Cc1ccc(S(=O)(=O)OCCOCCOCCOCCN(C=O)OC(C)(C)C)cc1. The molecule has 9 nitrogen and oxygen atoms in total. The molecule has 1 rings (SSSR count). The Kier molecular flexibility index (Phi) is 12.1. The molecule has 1 amide bonds. The molecule has 0 spiro atoms. The molecule has 0 aliphatic heterocycles. The van der Waals surface area contributed by atoms with Crippen LogP contribution in [0.25, 0.3) is 0 Å². The second-order valence-corrected chi connectivity index (χ2v) is 8.99. The van der Waals surface area contributed by atoms with Gasteiger partial charge in [0.25, 0.3) is 10.1 Å². The lowest BCUT2D eigenvalue weighted by Crippen LogP contribution is -2.35. The summed E-state index contributed by atoms with van der Waals surface area (Å²) in [5.74, 6) is 0. The van der Waals surface area contributed by atoms with Crippen molar-refractivity contribution in [3.8, 4) is 0 Å². The minimum Gasteiger partial charge on any atom is -0.377 e. The Morgan fingerprint density at radius 3 is 1.87 bits per heavy atom. The van der Waals surface area contributed by atoms with Crippen LogP contribution in [-0.4, -0.2) is 78.3 Å². The number of ether oxygens (including phenoxy) is 3. The minimum atomic E-state index is -3.77. The van der Waals surface area contributed by atoms with E-state index >= 15 is 0 Å². The standard InChI is InChI=1S/C20H33NO8S/c1-18-5-7-19(8-6-18)30(23,24)28-16-15-27-14-13-26-12-11-25-10-9-21(17-22)29-20(2,3)4/h5-8,17H,9-16H2,1-4H3. The Balaban J connectivity index is 1.99. The van der Waals surface area contributed by atoms with Gasteiger partial charge in [-0.1, -0.05) is 17.7 Å². The molecular formula is C20H33NO8S. The van der Waals surface area contributed by atoms with Crippen LogP contribution in [0, 0.1) is 6.92 Å². The molecule has 0 radical (unpaired) electrons. The van der Waals surface area contributed by atoms with Gasteiger partial charge in [0.15, 0.2) is 0 Å². The first kappa shape index (κ1) is 26.5. The van der Waals surface area contributed by atoms with E-state index in [1.807, 2.05) is 27.7 Å². The molecule has 0 saturated heterocycles. The molecule has 0 bridgehead atoms. The fraction of sp³-hybridized carbons (Fsp3) is 0.650. The lowest BCUT2D eigenvalue weighted by molar-refractivity contribution is -0.219. The van der Waals surface area contributed by atoms with Gasteiger partial charge in [0.2, 0.25) is 6.41 Å². The summed E-state index contributed by atoms with van der Waals surface area (Å²) in [6.45, 7) is 9.60. The summed E-state index contributed by atoms with van der Waals surface area (Å²) < 4.78 is 44.9. The number of rotatable bonds is 16. The zero-order valence-corrected chi connectivity index (χ0v) is 19.0. The molecular weight excluding hydrogens is 414 g/mol. The molecule has 10 heteroatoms. The second kappa shape index (κ2) is 13.7. The summed E-state index contributed by atoms with van der Waals surface area (Å²) in [6, 6.07) is 6.45. The van der Waals surface area contributed by atoms with Crippen molar-refractivity contribution in [1.29, 1.82) is 0 Å². The summed E-state index contributed by atoms with van der Waals surface area (Å²) in [5, 5.41) is 1.20. The highest BCUT2D eigenvalue weighted by Gasteiger charge is 2.16. The van der Waals surface area contributed by atoms with E-state index in [1.165, 1.54) is 17.2 Å². The number of carbonyl (C=O) groups excluding carboxylic acids is 1. The maximum Gasteiger partial charge on any atom is 0.297 e. The normalized spacial score (nSPS) is 12.1. The average Bonchev–Trinajstić information content (AvgIpc) is 2.67. The van der Waals surface area contributed by atoms with E-state index in [2.05, 4.69) is 0 Å². The van der Waals surface area contributed by atoms with Gasteiger partial charge in [-0.3, -0.25) is 13.8 Å². The molecule has 0 aliphatic carbocycles. The van der Waals surface area contributed by atoms with E-state index < -0.39 is 15.7 Å². The number of carbonyl (C=O) groups is 1. The highest BCUT2D eigenvalue weighted by atomic mass is 32.2. The number of hydrogen-bond donors (Lipinski definition) is 0. The molecule has 0 aromatic heterocycles. The van der Waals surface area contributed by atoms with Gasteiger partial charge in [0, 0.05) is 0 Å². The van der Waals surface area contributed by atoms with Gasteiger partial charge in [-0.05, 0) is 39.8 Å². The van der Waals surface area contributed by atoms with E-state index in [0.29, 0.717) is 46.0 Å². The van der Waals surface area contributed by atoms with Crippen molar-refractivity contribution in [3.63, 3.8) is 0 Å². The molecule has 0 fully saturated rings. The van der Waals surface area contributed by atoms with E-state index in [9.17, 15) is 13.2 Å². The molecule has 172 valence electrons. The van der Waals surface area contributed by atoms with Crippen LogP contribution < -0.4 is 0 Å². The number of nitrogens with zero attached hydrogens (tertiary/aromatic N) is 1. The number of benzene rings is 1. The van der Waals surface area contributed by atoms with Crippen LogP contribution in [-0.2, 0) is 38.1 Å². The number of hydrogen-bond acceptors (Lipinski definition) is 8. The van der Waals surface area contributed by atoms with E-state index in [-0.39, 0.29) is 18.1 Å². The Labute approximate surface area is 179 Å². The first-order valence-corrected chi connectivity index (χ1v) is 11.2. The van der Waals surface area contributed by atoms with Gasteiger partial charge in [-0.25, -0.2) is 5.06 Å². The van der Waals surface area contributed by atoms with Gasteiger partial charge in [0.1, 0.15) is 0 Å². The largest absolute Gasteiger partial charge is 0.377 e. The third-order valence-corrected chi connectivity index (χ3v) is 4.81. The van der Waals surface area contributed by atoms with Gasteiger partial charge >= 0.3 is 0 Å². The Morgan fingerprint density at radius 1 is 0.867 bits per heavy atom. The summed E-state index contributed by atoms with van der Waals surface area (Å²) in [6.07, 6.45) is 0.623. The lowest BCUT2D eigenvalue weighted by atomic mass is 10.2. The Morgan fingerprint density at radius 2 is 1.37 bits per heavy atom. The van der Waals surface area contributed by atoms with Crippen molar-refractivity contribution in [2.24, 2.45) is 0 Å². The third-order valence-electron chi connectivity index (χ3n) is 3.48. The topological polar surface area (TPSA) is 101 Å². The van der Waals surface area contributed by atoms with Crippen LogP contribution >= 0.6 is 0 Å². The zero-order valence-electron chi connectivity index (χ0n) is 18.2. The van der Waals surface area contributed by atoms with E-state index in [4.69, 9.17) is 23.2 Å². The van der Waals surface area contributed by atoms with Crippen LogP contribution in [0.15, 0.2) is 29.2 Å². The monoisotopic (exact) mass is 447 g/mol. The van der Waals surface area contributed by atoms with Crippen molar-refractivity contribution in [2.75, 3.05) is 52.8 Å². The molecule has 0 atom stereocenters. The molecule has 0 unspecified atom stereocenters. The first-order valence-electron chi connectivity index (χ1n) is 9.74. The van der Waals surface area contributed by atoms with E-state index in [0.717, 1.165) is 5.56 Å². The maximum absolute atomic E-state index is 12.0. The second-order valence-electron chi connectivity index (χ2n) is 7.38. The quantitative estimate of drug-likeness (QED) is 0.164. The molecule has 1 aromatic carbocycles. The molecule has 30 heavy (non-hydrogen) atoms. The molecule has 1 aromatic rings. The zero-order chi connectivity index (χ0) is 22.5. The lowest BCUT2D eigenvalue weighted by Gasteiger charge is -2.26. The van der Waals surface area contributed by atoms with Crippen molar-refractivity contribution in [3.05, 3.63) is 29.8 Å². The van der Waals surface area contributed by atoms with Gasteiger partial charge in [-0.2, -0.15) is 8.42 Å². The summed E-state index contributed by atoms with van der Waals surface area (Å²) in [7, 11) is -3.77. The fourth-order valence-corrected chi connectivity index (χ4v) is 3.04. The molecule has 0 N–H and O–H groups in total. The van der Waals surface area contributed by atoms with Crippen molar-refractivity contribution < 1.29 is 36.4 Å². The molecule has 0 heterocycles. The predicted molar refractivity (Wildman–Crippen MR) is 110 cm³/mol. The number of hydroxylamine groups is 2. The number of aryl methyl sites for hydroxylation is 1. The van der Waals surface area contributed by atoms with Gasteiger partial charge < -0.3 is 14.2 Å². The van der Waals surface area contributed by atoms with Crippen LogP contribution in [0.1, 0.15) is 26.3 Å². The average molecular weight is 448 g/mol. The van der Waals surface area contributed by atoms with Gasteiger partial charge in [0.05, 0.1) is 63.3 Å². The van der Waals surface area contributed by atoms with Crippen molar-refractivity contribution in [2.45, 2.75) is 38.2 Å². The summed E-state index contributed by atoms with van der Waals surface area (Å²) >= 11 is 0. The highest BCUT2D eigenvalue weighted by Crippen LogP contribution is 2.13. The maximum atomic E-state index is 12.0. The van der Waals surface area contributed by atoms with Gasteiger partial charge in [-0.15, -0.1) is 0 Å². The smallest absolute Gasteiger partial charge is 0.297 e. The van der Waals surface area contributed by atoms with Crippen LogP contribution in [0.4, 0.5) is 0 Å². The van der Waals surface area contributed by atoms with Crippen molar-refractivity contribution in [1.82, 2.24) is 5.06 Å². The van der Waals surface area contributed by atoms with Crippen molar-refractivity contribution >= 4 is 16.5 Å².